The van der Waals surface area contributed by atoms with Crippen LogP contribution >= 0.6 is 11.6 Å². The van der Waals surface area contributed by atoms with E-state index in [1.54, 1.807) is 0 Å². The van der Waals surface area contributed by atoms with Crippen molar-refractivity contribution < 1.29 is 8.42 Å². The van der Waals surface area contributed by atoms with E-state index in [1.165, 1.54) is 22.5 Å². The van der Waals surface area contributed by atoms with Crippen LogP contribution in [0.5, 0.6) is 0 Å². The SMILES string of the molecule is CC1CNCCN1S(=O)(=O)c1ccc(Cl)c(C#N)c1. The van der Waals surface area contributed by atoms with Crippen LogP contribution in [0, 0.1) is 11.3 Å². The Hall–Kier alpha value is -1.13. The second-order valence-corrected chi connectivity index (χ2v) is 6.72. The molecule has 0 radical (unpaired) electrons. The van der Waals surface area contributed by atoms with Crippen LogP contribution in [0.25, 0.3) is 0 Å². The van der Waals surface area contributed by atoms with Crippen LogP contribution in [0.1, 0.15) is 12.5 Å². The maximum absolute atomic E-state index is 12.5. The molecule has 1 fully saturated rings. The van der Waals surface area contributed by atoms with Crippen LogP contribution in [-0.2, 0) is 10.0 Å². The van der Waals surface area contributed by atoms with Crippen molar-refractivity contribution in [2.45, 2.75) is 17.9 Å². The Morgan fingerprint density at radius 1 is 1.53 bits per heavy atom. The number of rotatable bonds is 2. The second kappa shape index (κ2) is 5.47. The fraction of sp³-hybridized carbons (Fsp3) is 0.417. The number of piperazine rings is 1. The summed E-state index contributed by atoms with van der Waals surface area (Å²) in [7, 11) is -3.58. The van der Waals surface area contributed by atoms with Crippen LogP contribution < -0.4 is 5.32 Å². The first-order valence-electron chi connectivity index (χ1n) is 5.89. The van der Waals surface area contributed by atoms with Gasteiger partial charge in [0.25, 0.3) is 0 Å². The maximum Gasteiger partial charge on any atom is 0.243 e. The highest BCUT2D eigenvalue weighted by Crippen LogP contribution is 2.24. The quantitative estimate of drug-likeness (QED) is 0.890. The van der Waals surface area contributed by atoms with Gasteiger partial charge in [-0.15, -0.1) is 0 Å². The molecule has 7 heteroatoms. The summed E-state index contributed by atoms with van der Waals surface area (Å²) in [4.78, 5) is 0.113. The summed E-state index contributed by atoms with van der Waals surface area (Å²) < 4.78 is 26.5. The predicted molar refractivity (Wildman–Crippen MR) is 72.4 cm³/mol. The maximum atomic E-state index is 12.5. The van der Waals surface area contributed by atoms with Crippen molar-refractivity contribution in [1.82, 2.24) is 9.62 Å². The monoisotopic (exact) mass is 299 g/mol. The summed E-state index contributed by atoms with van der Waals surface area (Å²) in [5, 5.41) is 12.3. The molecule has 1 atom stereocenters. The van der Waals surface area contributed by atoms with Gasteiger partial charge in [0.2, 0.25) is 10.0 Å². The molecule has 1 aliphatic heterocycles. The number of nitrogens with one attached hydrogen (secondary N) is 1. The minimum absolute atomic E-state index is 0.111. The molecule has 5 nitrogen and oxygen atoms in total. The largest absolute Gasteiger partial charge is 0.314 e. The lowest BCUT2D eigenvalue weighted by atomic mass is 10.2. The third-order valence-electron chi connectivity index (χ3n) is 3.11. The predicted octanol–water partition coefficient (Wildman–Crippen LogP) is 1.19. The lowest BCUT2D eigenvalue weighted by Crippen LogP contribution is -2.52. The Balaban J connectivity index is 2.42. The lowest BCUT2D eigenvalue weighted by molar-refractivity contribution is 0.284. The number of benzene rings is 1. The molecular formula is C12H14ClN3O2S. The number of hydrogen-bond acceptors (Lipinski definition) is 4. The highest BCUT2D eigenvalue weighted by molar-refractivity contribution is 7.89. The van der Waals surface area contributed by atoms with Crippen molar-refractivity contribution in [2.24, 2.45) is 0 Å². The summed E-state index contributed by atoms with van der Waals surface area (Å²) in [6, 6.07) is 5.99. The van der Waals surface area contributed by atoms with Crippen molar-refractivity contribution >= 4 is 21.6 Å². The zero-order chi connectivity index (χ0) is 14.0. The van der Waals surface area contributed by atoms with E-state index in [-0.39, 0.29) is 21.5 Å². The molecule has 1 N–H and O–H groups in total. The average Bonchev–Trinajstić information content (AvgIpc) is 2.39. The fourth-order valence-corrected chi connectivity index (χ4v) is 3.88. The van der Waals surface area contributed by atoms with E-state index < -0.39 is 10.0 Å². The van der Waals surface area contributed by atoms with Gasteiger partial charge < -0.3 is 5.32 Å². The normalized spacial score (nSPS) is 21.0. The van der Waals surface area contributed by atoms with E-state index in [9.17, 15) is 8.42 Å². The molecule has 1 heterocycles. The third kappa shape index (κ3) is 2.74. The molecule has 0 bridgehead atoms. The van der Waals surface area contributed by atoms with Gasteiger partial charge in [0.15, 0.2) is 0 Å². The first-order valence-corrected chi connectivity index (χ1v) is 7.71. The van der Waals surface area contributed by atoms with Gasteiger partial charge in [0.1, 0.15) is 6.07 Å². The Kier molecular flexibility index (Phi) is 4.11. The molecule has 19 heavy (non-hydrogen) atoms. The van der Waals surface area contributed by atoms with Crippen molar-refractivity contribution in [3.63, 3.8) is 0 Å². The summed E-state index contributed by atoms with van der Waals surface area (Å²) in [5.41, 5.74) is 0.172. The minimum atomic E-state index is -3.58. The van der Waals surface area contributed by atoms with E-state index in [0.717, 1.165) is 0 Å². The highest BCUT2D eigenvalue weighted by atomic mass is 35.5. The average molecular weight is 300 g/mol. The van der Waals surface area contributed by atoms with Crippen LogP contribution in [0.3, 0.4) is 0 Å². The number of sulfonamides is 1. The smallest absolute Gasteiger partial charge is 0.243 e. The molecule has 2 rings (SSSR count). The lowest BCUT2D eigenvalue weighted by Gasteiger charge is -2.32. The zero-order valence-corrected chi connectivity index (χ0v) is 12.0. The molecule has 0 saturated carbocycles. The van der Waals surface area contributed by atoms with E-state index in [0.29, 0.717) is 19.6 Å². The van der Waals surface area contributed by atoms with Gasteiger partial charge in [-0.05, 0) is 25.1 Å². The second-order valence-electron chi connectivity index (χ2n) is 4.42. The van der Waals surface area contributed by atoms with Crippen LogP contribution in [0.15, 0.2) is 23.1 Å². The van der Waals surface area contributed by atoms with Gasteiger partial charge in [-0.25, -0.2) is 8.42 Å². The minimum Gasteiger partial charge on any atom is -0.314 e. The molecule has 0 spiro atoms. The number of nitrogens with zero attached hydrogens (tertiary/aromatic N) is 2. The topological polar surface area (TPSA) is 73.2 Å². The Morgan fingerprint density at radius 3 is 2.89 bits per heavy atom. The summed E-state index contributed by atoms with van der Waals surface area (Å²) in [6.07, 6.45) is 0. The molecule has 1 unspecified atom stereocenters. The molecule has 0 aliphatic carbocycles. The number of hydrogen-bond donors (Lipinski definition) is 1. The highest BCUT2D eigenvalue weighted by Gasteiger charge is 2.31. The van der Waals surface area contributed by atoms with Crippen molar-refractivity contribution in [3.8, 4) is 6.07 Å². The Labute approximate surface area is 117 Å². The van der Waals surface area contributed by atoms with Gasteiger partial charge in [-0.3, -0.25) is 0 Å². The van der Waals surface area contributed by atoms with E-state index >= 15 is 0 Å². The van der Waals surface area contributed by atoms with E-state index in [2.05, 4.69) is 5.32 Å². The zero-order valence-electron chi connectivity index (χ0n) is 10.4. The summed E-state index contributed by atoms with van der Waals surface area (Å²) in [5.74, 6) is 0. The molecule has 1 aliphatic rings. The van der Waals surface area contributed by atoms with Gasteiger partial charge in [-0.2, -0.15) is 9.57 Å². The Morgan fingerprint density at radius 2 is 2.26 bits per heavy atom. The molecule has 1 saturated heterocycles. The summed E-state index contributed by atoms with van der Waals surface area (Å²) in [6.45, 7) is 3.53. The molecular weight excluding hydrogens is 286 g/mol. The van der Waals surface area contributed by atoms with E-state index in [4.69, 9.17) is 16.9 Å². The molecule has 1 aromatic rings. The van der Waals surface area contributed by atoms with Crippen molar-refractivity contribution in [3.05, 3.63) is 28.8 Å². The van der Waals surface area contributed by atoms with Crippen LogP contribution in [0.4, 0.5) is 0 Å². The van der Waals surface area contributed by atoms with Crippen molar-refractivity contribution in [1.29, 1.82) is 5.26 Å². The standard InChI is InChI=1S/C12H14ClN3O2S/c1-9-8-15-4-5-16(9)19(17,18)11-2-3-12(13)10(6-11)7-14/h2-3,6,9,15H,4-5,8H2,1H3. The van der Waals surface area contributed by atoms with Gasteiger partial charge in [-0.1, -0.05) is 11.6 Å². The first kappa shape index (κ1) is 14.3. The summed E-state index contributed by atoms with van der Waals surface area (Å²) >= 11 is 5.82. The molecule has 0 amide bonds. The van der Waals surface area contributed by atoms with Crippen LogP contribution in [-0.4, -0.2) is 38.4 Å². The molecule has 1 aromatic carbocycles. The van der Waals surface area contributed by atoms with Gasteiger partial charge >= 0.3 is 0 Å². The third-order valence-corrected chi connectivity index (χ3v) is 5.44. The van der Waals surface area contributed by atoms with Gasteiger partial charge in [0, 0.05) is 25.7 Å². The van der Waals surface area contributed by atoms with Crippen molar-refractivity contribution in [2.75, 3.05) is 19.6 Å². The molecule has 0 aromatic heterocycles. The molecule has 102 valence electrons. The number of halogens is 1. The number of nitriles is 1. The van der Waals surface area contributed by atoms with Crippen LogP contribution in [0.2, 0.25) is 5.02 Å². The van der Waals surface area contributed by atoms with E-state index in [1.807, 2.05) is 13.0 Å². The fourth-order valence-electron chi connectivity index (χ4n) is 2.07. The first-order chi connectivity index (χ1) is 8.96. The van der Waals surface area contributed by atoms with Gasteiger partial charge in [0.05, 0.1) is 15.5 Å². The Bertz CT molecular complexity index is 624.